The van der Waals surface area contributed by atoms with Crippen molar-refractivity contribution in [3.05, 3.63) is 53.4 Å². The fourth-order valence-electron chi connectivity index (χ4n) is 3.91. The first-order valence-electron chi connectivity index (χ1n) is 9.25. The van der Waals surface area contributed by atoms with Crippen LogP contribution in [0.15, 0.2) is 47.8 Å². The van der Waals surface area contributed by atoms with Crippen molar-refractivity contribution in [2.75, 3.05) is 26.3 Å². The summed E-state index contributed by atoms with van der Waals surface area (Å²) >= 11 is 1.63. The van der Waals surface area contributed by atoms with Gasteiger partial charge in [0.1, 0.15) is 0 Å². The Morgan fingerprint density at radius 2 is 1.85 bits per heavy atom. The van der Waals surface area contributed by atoms with E-state index in [-0.39, 0.29) is 5.91 Å². The first-order valence-corrected chi connectivity index (χ1v) is 10.1. The zero-order valence-corrected chi connectivity index (χ0v) is 15.7. The molecule has 0 aliphatic carbocycles. The number of benzene rings is 1. The van der Waals surface area contributed by atoms with Crippen LogP contribution in [0, 0.1) is 0 Å². The predicted octanol–water partition coefficient (Wildman–Crippen LogP) is 3.94. The van der Waals surface area contributed by atoms with Gasteiger partial charge in [-0.1, -0.05) is 24.3 Å². The number of carbonyl (C=O) groups excluding carboxylic acids is 1. The van der Waals surface area contributed by atoms with Crippen molar-refractivity contribution in [1.82, 2.24) is 9.88 Å². The van der Waals surface area contributed by atoms with Crippen molar-refractivity contribution in [3.8, 4) is 10.6 Å². The minimum Gasteiger partial charge on any atom is -0.347 e. The van der Waals surface area contributed by atoms with Gasteiger partial charge in [0.15, 0.2) is 5.79 Å². The number of carbonyl (C=O) groups is 1. The first kappa shape index (κ1) is 16.9. The van der Waals surface area contributed by atoms with Crippen LogP contribution in [0.3, 0.4) is 0 Å². The number of aromatic nitrogens is 1. The molecule has 6 heteroatoms. The minimum atomic E-state index is -0.473. The third-order valence-electron chi connectivity index (χ3n) is 5.35. The van der Waals surface area contributed by atoms with Crippen LogP contribution in [0.2, 0.25) is 0 Å². The maximum atomic E-state index is 13.4. The standard InChI is InChI=1S/C21H20N2O3S/c24-20(23-9-7-21(8-10-23)25-11-12-26-21)16-14-18(19-6-3-13-27-19)22-17-5-2-1-4-15(16)17/h1-6,13-14H,7-12H2. The highest BCUT2D eigenvalue weighted by atomic mass is 32.1. The summed E-state index contributed by atoms with van der Waals surface area (Å²) in [4.78, 5) is 21.1. The molecule has 0 atom stereocenters. The second-order valence-corrected chi connectivity index (χ2v) is 7.90. The van der Waals surface area contributed by atoms with E-state index < -0.39 is 5.79 Å². The minimum absolute atomic E-state index is 0.0549. The van der Waals surface area contributed by atoms with Gasteiger partial charge in [-0.25, -0.2) is 4.98 Å². The number of amides is 1. The predicted molar refractivity (Wildman–Crippen MR) is 105 cm³/mol. The third-order valence-corrected chi connectivity index (χ3v) is 6.24. The fraction of sp³-hybridized carbons (Fsp3) is 0.333. The smallest absolute Gasteiger partial charge is 0.254 e. The molecule has 2 aromatic heterocycles. The fourth-order valence-corrected chi connectivity index (χ4v) is 4.60. The Morgan fingerprint density at radius 1 is 1.07 bits per heavy atom. The van der Waals surface area contributed by atoms with Crippen molar-refractivity contribution in [1.29, 1.82) is 0 Å². The van der Waals surface area contributed by atoms with Crippen LogP contribution < -0.4 is 0 Å². The highest BCUT2D eigenvalue weighted by Gasteiger charge is 2.41. The van der Waals surface area contributed by atoms with Crippen molar-refractivity contribution >= 4 is 28.1 Å². The lowest BCUT2D eigenvalue weighted by molar-refractivity contribution is -0.181. The van der Waals surface area contributed by atoms with Crippen LogP contribution in [0.4, 0.5) is 0 Å². The van der Waals surface area contributed by atoms with E-state index in [1.54, 1.807) is 11.3 Å². The number of fused-ring (bicyclic) bond motifs is 1. The molecule has 4 heterocycles. The molecular formula is C21H20N2O3S. The molecule has 2 aliphatic rings. The number of hydrogen-bond donors (Lipinski definition) is 0. The van der Waals surface area contributed by atoms with Gasteiger partial charge in [-0.15, -0.1) is 11.3 Å². The number of para-hydroxylation sites is 1. The van der Waals surface area contributed by atoms with E-state index in [0.29, 0.717) is 31.9 Å². The summed E-state index contributed by atoms with van der Waals surface area (Å²) in [6, 6.07) is 13.8. The molecule has 1 aromatic carbocycles. The monoisotopic (exact) mass is 380 g/mol. The summed E-state index contributed by atoms with van der Waals surface area (Å²) in [5.74, 6) is -0.418. The number of rotatable bonds is 2. The molecule has 2 fully saturated rings. The van der Waals surface area contributed by atoms with E-state index in [9.17, 15) is 4.79 Å². The highest BCUT2D eigenvalue weighted by molar-refractivity contribution is 7.13. The van der Waals surface area contributed by atoms with Crippen molar-refractivity contribution in [2.45, 2.75) is 18.6 Å². The zero-order valence-electron chi connectivity index (χ0n) is 14.9. The lowest BCUT2D eigenvalue weighted by atomic mass is 10.0. The number of hydrogen-bond acceptors (Lipinski definition) is 5. The average Bonchev–Trinajstić information content (AvgIpc) is 3.40. The summed E-state index contributed by atoms with van der Waals surface area (Å²) in [6.07, 6.45) is 1.44. The van der Waals surface area contributed by atoms with Crippen LogP contribution >= 0.6 is 11.3 Å². The van der Waals surface area contributed by atoms with Crippen molar-refractivity contribution < 1.29 is 14.3 Å². The summed E-state index contributed by atoms with van der Waals surface area (Å²) < 4.78 is 11.6. The molecular weight excluding hydrogens is 360 g/mol. The molecule has 2 saturated heterocycles. The summed E-state index contributed by atoms with van der Waals surface area (Å²) in [7, 11) is 0. The lowest BCUT2D eigenvalue weighted by Gasteiger charge is -2.37. The van der Waals surface area contributed by atoms with E-state index in [1.165, 1.54) is 0 Å². The number of thiophene rings is 1. The van der Waals surface area contributed by atoms with Gasteiger partial charge in [0.05, 0.1) is 34.9 Å². The molecule has 1 spiro atoms. The van der Waals surface area contributed by atoms with E-state index in [1.807, 2.05) is 52.7 Å². The van der Waals surface area contributed by atoms with Gasteiger partial charge in [-0.05, 0) is 23.6 Å². The topological polar surface area (TPSA) is 51.7 Å². The molecule has 0 N–H and O–H groups in total. The molecule has 1 amide bonds. The van der Waals surface area contributed by atoms with Gasteiger partial charge >= 0.3 is 0 Å². The maximum absolute atomic E-state index is 13.4. The third kappa shape index (κ3) is 3.04. The maximum Gasteiger partial charge on any atom is 0.254 e. The average molecular weight is 380 g/mol. The Kier molecular flexibility index (Phi) is 4.19. The second-order valence-electron chi connectivity index (χ2n) is 6.95. The quantitative estimate of drug-likeness (QED) is 0.676. The van der Waals surface area contributed by atoms with Gasteiger partial charge in [0, 0.05) is 31.3 Å². The molecule has 3 aromatic rings. The van der Waals surface area contributed by atoms with Gasteiger partial charge in [0.2, 0.25) is 0 Å². The second kappa shape index (κ2) is 6.71. The van der Waals surface area contributed by atoms with Gasteiger partial charge < -0.3 is 14.4 Å². The SMILES string of the molecule is O=C(c1cc(-c2cccs2)nc2ccccc12)N1CCC2(CC1)OCCO2. The van der Waals surface area contributed by atoms with Gasteiger partial charge in [0.25, 0.3) is 5.91 Å². The van der Waals surface area contributed by atoms with E-state index in [4.69, 9.17) is 14.5 Å². The Balaban J connectivity index is 1.49. The number of nitrogens with zero attached hydrogens (tertiary/aromatic N) is 2. The van der Waals surface area contributed by atoms with E-state index >= 15 is 0 Å². The normalized spacial score (nSPS) is 19.0. The number of likely N-dealkylation sites (tertiary alicyclic amines) is 1. The number of piperidine rings is 1. The van der Waals surface area contributed by atoms with Crippen LogP contribution in [-0.2, 0) is 9.47 Å². The largest absolute Gasteiger partial charge is 0.347 e. The summed E-state index contributed by atoms with van der Waals surface area (Å²) in [5, 5.41) is 2.93. The Bertz CT molecular complexity index is 970. The van der Waals surface area contributed by atoms with Crippen LogP contribution in [-0.4, -0.2) is 47.9 Å². The molecule has 2 aliphatic heterocycles. The highest BCUT2D eigenvalue weighted by Crippen LogP contribution is 2.33. The number of ether oxygens (including phenoxy) is 2. The first-order chi connectivity index (χ1) is 13.2. The van der Waals surface area contributed by atoms with Crippen LogP contribution in [0.25, 0.3) is 21.5 Å². The molecule has 138 valence electrons. The molecule has 0 saturated carbocycles. The van der Waals surface area contributed by atoms with Gasteiger partial charge in [-0.3, -0.25) is 4.79 Å². The molecule has 0 unspecified atom stereocenters. The summed E-state index contributed by atoms with van der Waals surface area (Å²) in [6.45, 7) is 2.58. The van der Waals surface area contributed by atoms with Crippen LogP contribution in [0.5, 0.6) is 0 Å². The Morgan fingerprint density at radius 3 is 2.59 bits per heavy atom. The van der Waals surface area contributed by atoms with E-state index in [2.05, 4.69) is 0 Å². The lowest BCUT2D eigenvalue weighted by Crippen LogP contribution is -2.47. The van der Waals surface area contributed by atoms with E-state index in [0.717, 1.165) is 34.3 Å². The molecule has 5 nitrogen and oxygen atoms in total. The molecule has 0 radical (unpaired) electrons. The molecule has 27 heavy (non-hydrogen) atoms. The van der Waals surface area contributed by atoms with Crippen molar-refractivity contribution in [3.63, 3.8) is 0 Å². The Hall–Kier alpha value is -2.28. The van der Waals surface area contributed by atoms with Gasteiger partial charge in [-0.2, -0.15) is 0 Å². The number of pyridine rings is 1. The molecule has 5 rings (SSSR count). The molecule has 0 bridgehead atoms. The van der Waals surface area contributed by atoms with Crippen LogP contribution in [0.1, 0.15) is 23.2 Å². The zero-order chi connectivity index (χ0) is 18.3. The Labute approximate surface area is 161 Å². The summed E-state index contributed by atoms with van der Waals surface area (Å²) in [5.41, 5.74) is 2.42. The van der Waals surface area contributed by atoms with Crippen molar-refractivity contribution in [2.24, 2.45) is 0 Å².